The van der Waals surface area contributed by atoms with E-state index in [0.29, 0.717) is 18.8 Å². The summed E-state index contributed by atoms with van der Waals surface area (Å²) in [6.07, 6.45) is 4.82. The summed E-state index contributed by atoms with van der Waals surface area (Å²) in [4.78, 5) is 12.7. The van der Waals surface area contributed by atoms with Crippen LogP contribution in [0.1, 0.15) is 73.1 Å². The Hall–Kier alpha value is -1.26. The molecule has 1 atom stereocenters. The lowest BCUT2D eigenvalue weighted by atomic mass is 9.77. The normalized spacial score (nSPS) is 14.3. The number of nitrogens with one attached hydrogen (secondary N) is 1. The molecule has 0 bridgehead atoms. The van der Waals surface area contributed by atoms with Crippen molar-refractivity contribution in [1.29, 1.82) is 0 Å². The van der Waals surface area contributed by atoms with Crippen LogP contribution < -0.4 is 11.1 Å². The monoisotopic (exact) mass is 299 g/mol. The Balaban J connectivity index is 5.01. The van der Waals surface area contributed by atoms with Crippen molar-refractivity contribution in [2.45, 2.75) is 79.2 Å². The molecule has 0 aromatic rings. The SMILES string of the molecule is CCCC(CCC)(C(=O)NC(C)CCC(C)C)C(N)=NO. The molecule has 21 heavy (non-hydrogen) atoms. The molecule has 0 spiro atoms. The van der Waals surface area contributed by atoms with E-state index < -0.39 is 5.41 Å². The Morgan fingerprint density at radius 2 is 1.71 bits per heavy atom. The van der Waals surface area contributed by atoms with Gasteiger partial charge in [-0.2, -0.15) is 0 Å². The molecule has 0 saturated heterocycles. The summed E-state index contributed by atoms with van der Waals surface area (Å²) in [6.45, 7) is 10.4. The number of carbonyl (C=O) groups is 1. The first kappa shape index (κ1) is 19.7. The van der Waals surface area contributed by atoms with Crippen molar-refractivity contribution in [2.24, 2.45) is 22.2 Å². The van der Waals surface area contributed by atoms with E-state index in [1.54, 1.807) is 0 Å². The molecule has 5 heteroatoms. The van der Waals surface area contributed by atoms with Gasteiger partial charge in [0.2, 0.25) is 5.91 Å². The van der Waals surface area contributed by atoms with E-state index in [2.05, 4.69) is 24.3 Å². The molecule has 0 aromatic carbocycles. The fourth-order valence-electron chi connectivity index (χ4n) is 2.69. The largest absolute Gasteiger partial charge is 0.409 e. The average Bonchev–Trinajstić information content (AvgIpc) is 2.43. The third-order valence-corrected chi connectivity index (χ3v) is 3.94. The van der Waals surface area contributed by atoms with Crippen molar-refractivity contribution in [3.05, 3.63) is 0 Å². The van der Waals surface area contributed by atoms with Crippen LogP contribution in [0.2, 0.25) is 0 Å². The number of amidine groups is 1. The minimum Gasteiger partial charge on any atom is -0.409 e. The molecule has 0 aliphatic heterocycles. The maximum atomic E-state index is 12.7. The van der Waals surface area contributed by atoms with Crippen molar-refractivity contribution in [3.8, 4) is 0 Å². The van der Waals surface area contributed by atoms with E-state index in [-0.39, 0.29) is 17.8 Å². The maximum absolute atomic E-state index is 12.7. The smallest absolute Gasteiger partial charge is 0.234 e. The number of oxime groups is 1. The molecular formula is C16H33N3O2. The first-order valence-corrected chi connectivity index (χ1v) is 8.12. The standard InChI is InChI=1S/C16H33N3O2/c1-6-10-16(11-7-2,14(17)19-21)15(20)18-13(5)9-8-12(3)4/h12-13,21H,6-11H2,1-5H3,(H2,17,19)(H,18,20). The summed E-state index contributed by atoms with van der Waals surface area (Å²) in [5, 5.41) is 15.3. The molecule has 0 fully saturated rings. The van der Waals surface area contributed by atoms with Gasteiger partial charge in [0.15, 0.2) is 5.84 Å². The molecule has 0 aromatic heterocycles. The summed E-state index contributed by atoms with van der Waals surface area (Å²) in [7, 11) is 0. The maximum Gasteiger partial charge on any atom is 0.234 e. The molecule has 0 aliphatic rings. The predicted octanol–water partition coefficient (Wildman–Crippen LogP) is 3.26. The number of hydrogen-bond donors (Lipinski definition) is 3. The molecule has 4 N–H and O–H groups in total. The first-order chi connectivity index (χ1) is 9.83. The molecule has 124 valence electrons. The summed E-state index contributed by atoms with van der Waals surface area (Å²) in [5.41, 5.74) is 4.98. The number of carbonyl (C=O) groups excluding carboxylic acids is 1. The zero-order valence-electron chi connectivity index (χ0n) is 14.3. The zero-order valence-corrected chi connectivity index (χ0v) is 14.3. The van der Waals surface area contributed by atoms with Crippen LogP contribution in [0.25, 0.3) is 0 Å². The van der Waals surface area contributed by atoms with Crippen LogP contribution >= 0.6 is 0 Å². The minimum absolute atomic E-state index is 0.0276. The van der Waals surface area contributed by atoms with E-state index in [9.17, 15) is 4.79 Å². The van der Waals surface area contributed by atoms with E-state index in [0.717, 1.165) is 25.7 Å². The van der Waals surface area contributed by atoms with E-state index in [1.165, 1.54) is 0 Å². The van der Waals surface area contributed by atoms with Crippen LogP contribution in [0.4, 0.5) is 0 Å². The second-order valence-corrected chi connectivity index (χ2v) is 6.41. The van der Waals surface area contributed by atoms with Gasteiger partial charge in [-0.25, -0.2) is 0 Å². The van der Waals surface area contributed by atoms with Crippen molar-refractivity contribution in [3.63, 3.8) is 0 Å². The highest BCUT2D eigenvalue weighted by Gasteiger charge is 2.41. The fourth-order valence-corrected chi connectivity index (χ4v) is 2.69. The van der Waals surface area contributed by atoms with Gasteiger partial charge in [0.1, 0.15) is 5.41 Å². The second kappa shape index (κ2) is 9.64. The van der Waals surface area contributed by atoms with Crippen molar-refractivity contribution in [2.75, 3.05) is 0 Å². The van der Waals surface area contributed by atoms with Gasteiger partial charge in [0.25, 0.3) is 0 Å². The van der Waals surface area contributed by atoms with Gasteiger partial charge in [-0.1, -0.05) is 45.7 Å². The quantitative estimate of drug-likeness (QED) is 0.250. The van der Waals surface area contributed by atoms with Gasteiger partial charge in [-0.3, -0.25) is 4.79 Å². The molecule has 0 heterocycles. The summed E-state index contributed by atoms with van der Waals surface area (Å²) in [6, 6.07) is 0.0967. The van der Waals surface area contributed by atoms with Crippen molar-refractivity contribution >= 4 is 11.7 Å². The van der Waals surface area contributed by atoms with Gasteiger partial charge in [-0.15, -0.1) is 0 Å². The zero-order chi connectivity index (χ0) is 16.5. The topological polar surface area (TPSA) is 87.7 Å². The van der Waals surface area contributed by atoms with Crippen molar-refractivity contribution in [1.82, 2.24) is 5.32 Å². The number of hydrogen-bond acceptors (Lipinski definition) is 3. The van der Waals surface area contributed by atoms with Crippen LogP contribution in [0.3, 0.4) is 0 Å². The second-order valence-electron chi connectivity index (χ2n) is 6.41. The molecule has 0 radical (unpaired) electrons. The number of nitrogens with zero attached hydrogens (tertiary/aromatic N) is 1. The highest BCUT2D eigenvalue weighted by molar-refractivity contribution is 6.06. The first-order valence-electron chi connectivity index (χ1n) is 8.12. The van der Waals surface area contributed by atoms with E-state index in [1.807, 2.05) is 20.8 Å². The molecule has 1 unspecified atom stereocenters. The van der Waals surface area contributed by atoms with Crippen LogP contribution in [0, 0.1) is 11.3 Å². The van der Waals surface area contributed by atoms with Gasteiger partial charge in [0.05, 0.1) is 0 Å². The van der Waals surface area contributed by atoms with Gasteiger partial charge in [-0.05, 0) is 38.5 Å². The lowest BCUT2D eigenvalue weighted by Crippen LogP contribution is -2.52. The fraction of sp³-hybridized carbons (Fsp3) is 0.875. The summed E-state index contributed by atoms with van der Waals surface area (Å²) in [5.74, 6) is 0.530. The van der Waals surface area contributed by atoms with Gasteiger partial charge in [0, 0.05) is 6.04 Å². The molecule has 0 saturated carbocycles. The van der Waals surface area contributed by atoms with E-state index >= 15 is 0 Å². The molecule has 0 aliphatic carbocycles. The number of rotatable bonds is 10. The van der Waals surface area contributed by atoms with Crippen LogP contribution in [-0.4, -0.2) is 23.0 Å². The predicted molar refractivity (Wildman–Crippen MR) is 87.3 cm³/mol. The molecular weight excluding hydrogens is 266 g/mol. The summed E-state index contributed by atoms with van der Waals surface area (Å²) < 4.78 is 0. The molecule has 0 rings (SSSR count). The highest BCUT2D eigenvalue weighted by atomic mass is 16.4. The Bertz CT molecular complexity index is 334. The van der Waals surface area contributed by atoms with Crippen LogP contribution in [0.5, 0.6) is 0 Å². The third kappa shape index (κ3) is 5.94. The van der Waals surface area contributed by atoms with Gasteiger partial charge >= 0.3 is 0 Å². The number of nitrogens with two attached hydrogens (primary N) is 1. The lowest BCUT2D eigenvalue weighted by molar-refractivity contribution is -0.129. The number of amides is 1. The minimum atomic E-state index is -0.885. The van der Waals surface area contributed by atoms with Crippen LogP contribution in [-0.2, 0) is 4.79 Å². The third-order valence-electron chi connectivity index (χ3n) is 3.94. The Morgan fingerprint density at radius 1 is 1.19 bits per heavy atom. The Morgan fingerprint density at radius 3 is 2.10 bits per heavy atom. The average molecular weight is 299 g/mol. The summed E-state index contributed by atoms with van der Waals surface area (Å²) >= 11 is 0. The van der Waals surface area contributed by atoms with E-state index in [4.69, 9.17) is 10.9 Å². The van der Waals surface area contributed by atoms with Crippen molar-refractivity contribution < 1.29 is 10.0 Å². The Kier molecular flexibility index (Phi) is 9.06. The van der Waals surface area contributed by atoms with Crippen LogP contribution in [0.15, 0.2) is 5.16 Å². The molecule has 1 amide bonds. The Labute approximate surface area is 129 Å². The lowest BCUT2D eigenvalue weighted by Gasteiger charge is -2.32. The van der Waals surface area contributed by atoms with Gasteiger partial charge < -0.3 is 16.3 Å². The molecule has 5 nitrogen and oxygen atoms in total. The highest BCUT2D eigenvalue weighted by Crippen LogP contribution is 2.31.